The molecule has 0 atom stereocenters. The molecule has 2 fully saturated rings. The van der Waals surface area contributed by atoms with Gasteiger partial charge in [-0.25, -0.2) is 0 Å². The average Bonchev–Trinajstić information content (AvgIpc) is 3.31. The van der Waals surface area contributed by atoms with Crippen molar-refractivity contribution in [3.63, 3.8) is 0 Å². The lowest BCUT2D eigenvalue weighted by Gasteiger charge is -2.15. The minimum atomic E-state index is 0.713. The molecule has 19 heavy (non-hydrogen) atoms. The first-order valence-electron chi connectivity index (χ1n) is 7.39. The number of benzene rings is 1. The topological polar surface area (TPSA) is 30.5 Å². The van der Waals surface area contributed by atoms with Gasteiger partial charge in [0.1, 0.15) is 0 Å². The Morgan fingerprint density at radius 1 is 1.21 bits per heavy atom. The second-order valence-electron chi connectivity index (χ2n) is 5.68. The molecule has 1 aromatic carbocycles. The summed E-state index contributed by atoms with van der Waals surface area (Å²) in [5, 5.41) is 3.54. The molecule has 3 rings (SSSR count). The largest absolute Gasteiger partial charge is 0.493 e. The first kappa shape index (κ1) is 12.8. The molecular formula is C16H23NO2. The summed E-state index contributed by atoms with van der Waals surface area (Å²) in [4.78, 5) is 0. The van der Waals surface area contributed by atoms with Crippen LogP contribution in [0.1, 0.15) is 37.7 Å². The van der Waals surface area contributed by atoms with Crippen molar-refractivity contribution in [2.24, 2.45) is 5.92 Å². The van der Waals surface area contributed by atoms with Crippen LogP contribution < -0.4 is 14.8 Å². The summed E-state index contributed by atoms with van der Waals surface area (Å²) in [6, 6.07) is 6.86. The lowest BCUT2D eigenvalue weighted by atomic mass is 10.2. The van der Waals surface area contributed by atoms with Crippen LogP contribution in [0.25, 0.3) is 0 Å². The fraction of sp³-hybridized carbons (Fsp3) is 0.625. The highest BCUT2D eigenvalue weighted by molar-refractivity contribution is 5.46. The van der Waals surface area contributed by atoms with Gasteiger partial charge in [0, 0.05) is 18.2 Å². The summed E-state index contributed by atoms with van der Waals surface area (Å²) in [5.74, 6) is 2.69. The van der Waals surface area contributed by atoms with Crippen LogP contribution in [0.4, 0.5) is 0 Å². The van der Waals surface area contributed by atoms with E-state index in [0.29, 0.717) is 6.04 Å². The van der Waals surface area contributed by atoms with Gasteiger partial charge >= 0.3 is 0 Å². The molecule has 2 aliphatic rings. The van der Waals surface area contributed by atoms with Gasteiger partial charge in [0.2, 0.25) is 0 Å². The van der Waals surface area contributed by atoms with Crippen molar-refractivity contribution >= 4 is 0 Å². The highest BCUT2D eigenvalue weighted by Gasteiger charge is 2.23. The molecule has 1 aromatic rings. The Balaban J connectivity index is 1.64. The zero-order valence-corrected chi connectivity index (χ0v) is 11.7. The molecule has 3 nitrogen and oxygen atoms in total. The van der Waals surface area contributed by atoms with Crippen LogP contribution in [0.2, 0.25) is 0 Å². The second-order valence-corrected chi connectivity index (χ2v) is 5.68. The molecule has 104 valence electrons. The molecule has 0 aromatic heterocycles. The smallest absolute Gasteiger partial charge is 0.165 e. The van der Waals surface area contributed by atoms with Gasteiger partial charge in [-0.2, -0.15) is 0 Å². The fourth-order valence-corrected chi connectivity index (χ4v) is 2.30. The quantitative estimate of drug-likeness (QED) is 0.780. The van der Waals surface area contributed by atoms with E-state index in [1.54, 1.807) is 7.11 Å². The molecule has 0 heterocycles. The van der Waals surface area contributed by atoms with Crippen molar-refractivity contribution in [2.45, 2.75) is 44.7 Å². The average molecular weight is 261 g/mol. The molecule has 0 aliphatic heterocycles. The molecule has 0 radical (unpaired) electrons. The summed E-state index contributed by atoms with van der Waals surface area (Å²) in [6.45, 7) is 1.68. The maximum absolute atomic E-state index is 6.00. The van der Waals surface area contributed by atoms with Gasteiger partial charge in [-0.3, -0.25) is 0 Å². The molecule has 3 heteroatoms. The minimum Gasteiger partial charge on any atom is -0.493 e. The molecule has 0 spiro atoms. The third-order valence-electron chi connectivity index (χ3n) is 3.91. The number of para-hydroxylation sites is 1. The van der Waals surface area contributed by atoms with E-state index in [4.69, 9.17) is 9.47 Å². The van der Waals surface area contributed by atoms with Crippen LogP contribution in [0, 0.1) is 5.92 Å². The molecule has 0 unspecified atom stereocenters. The number of hydrogen-bond donors (Lipinski definition) is 1. The van der Waals surface area contributed by atoms with Gasteiger partial charge < -0.3 is 14.8 Å². The first-order valence-corrected chi connectivity index (χ1v) is 7.39. The number of nitrogens with one attached hydrogen (secondary N) is 1. The van der Waals surface area contributed by atoms with Gasteiger partial charge in [0.05, 0.1) is 13.7 Å². The van der Waals surface area contributed by atoms with Gasteiger partial charge in [-0.05, 0) is 31.2 Å². The summed E-state index contributed by atoms with van der Waals surface area (Å²) in [5.41, 5.74) is 1.21. The zero-order chi connectivity index (χ0) is 13.1. The maximum atomic E-state index is 6.00. The Labute approximate surface area is 115 Å². The lowest BCUT2D eigenvalue weighted by Crippen LogP contribution is -2.16. The van der Waals surface area contributed by atoms with Gasteiger partial charge in [0.25, 0.3) is 0 Å². The minimum absolute atomic E-state index is 0.713. The Bertz CT molecular complexity index is 425. The van der Waals surface area contributed by atoms with Gasteiger partial charge in [-0.1, -0.05) is 25.0 Å². The van der Waals surface area contributed by atoms with E-state index in [-0.39, 0.29) is 0 Å². The summed E-state index contributed by atoms with van der Waals surface area (Å²) in [7, 11) is 1.71. The molecule has 0 amide bonds. The van der Waals surface area contributed by atoms with Crippen molar-refractivity contribution in [3.8, 4) is 11.5 Å². The van der Waals surface area contributed by atoms with E-state index in [9.17, 15) is 0 Å². The molecule has 0 bridgehead atoms. The molecule has 1 N–H and O–H groups in total. The number of ether oxygens (including phenoxy) is 2. The van der Waals surface area contributed by atoms with E-state index in [1.807, 2.05) is 12.1 Å². The summed E-state index contributed by atoms with van der Waals surface area (Å²) >= 11 is 0. The molecule has 2 aliphatic carbocycles. The first-order chi connectivity index (χ1) is 9.36. The number of methoxy groups -OCH3 is 1. The Hall–Kier alpha value is -1.22. The summed E-state index contributed by atoms with van der Waals surface area (Å²) in [6.07, 6.45) is 6.55. The summed E-state index contributed by atoms with van der Waals surface area (Å²) < 4.78 is 11.4. The van der Waals surface area contributed by atoms with E-state index >= 15 is 0 Å². The number of hydrogen-bond acceptors (Lipinski definition) is 3. The monoisotopic (exact) mass is 261 g/mol. The number of rotatable bonds is 8. The second kappa shape index (κ2) is 5.83. The van der Waals surface area contributed by atoms with E-state index < -0.39 is 0 Å². The van der Waals surface area contributed by atoms with Crippen LogP contribution in [0.5, 0.6) is 11.5 Å². The van der Waals surface area contributed by atoms with Crippen LogP contribution in [0.3, 0.4) is 0 Å². The highest BCUT2D eigenvalue weighted by atomic mass is 16.5. The van der Waals surface area contributed by atoms with Crippen molar-refractivity contribution < 1.29 is 9.47 Å². The predicted molar refractivity (Wildman–Crippen MR) is 75.7 cm³/mol. The normalized spacial score (nSPS) is 18.4. The van der Waals surface area contributed by atoms with Crippen molar-refractivity contribution in [3.05, 3.63) is 23.8 Å². The Kier molecular flexibility index (Phi) is 3.92. The van der Waals surface area contributed by atoms with Crippen molar-refractivity contribution in [1.29, 1.82) is 0 Å². The predicted octanol–water partition coefficient (Wildman–Crippen LogP) is 3.13. The van der Waals surface area contributed by atoms with Crippen LogP contribution in [-0.4, -0.2) is 19.8 Å². The van der Waals surface area contributed by atoms with E-state index in [2.05, 4.69) is 11.4 Å². The lowest BCUT2D eigenvalue weighted by molar-refractivity contribution is 0.279. The van der Waals surface area contributed by atoms with E-state index in [0.717, 1.165) is 30.6 Å². The van der Waals surface area contributed by atoms with E-state index in [1.165, 1.54) is 37.7 Å². The highest BCUT2D eigenvalue weighted by Crippen LogP contribution is 2.35. The Morgan fingerprint density at radius 2 is 2.05 bits per heavy atom. The Morgan fingerprint density at radius 3 is 2.74 bits per heavy atom. The standard InChI is InChI=1S/C16H23NO2/c1-18-15-4-2-3-13(11-17-14-7-8-14)16(15)19-10-9-12-5-6-12/h2-4,12,14,17H,5-11H2,1H3. The van der Waals surface area contributed by atoms with Crippen molar-refractivity contribution in [2.75, 3.05) is 13.7 Å². The van der Waals surface area contributed by atoms with Crippen LogP contribution in [0.15, 0.2) is 18.2 Å². The van der Waals surface area contributed by atoms with Crippen LogP contribution in [-0.2, 0) is 6.54 Å². The van der Waals surface area contributed by atoms with Crippen LogP contribution >= 0.6 is 0 Å². The zero-order valence-electron chi connectivity index (χ0n) is 11.7. The third kappa shape index (κ3) is 3.63. The molecular weight excluding hydrogens is 238 g/mol. The maximum Gasteiger partial charge on any atom is 0.165 e. The van der Waals surface area contributed by atoms with Crippen molar-refractivity contribution in [1.82, 2.24) is 5.32 Å². The molecule has 2 saturated carbocycles. The van der Waals surface area contributed by atoms with Gasteiger partial charge in [0.15, 0.2) is 11.5 Å². The fourth-order valence-electron chi connectivity index (χ4n) is 2.30. The molecule has 0 saturated heterocycles. The SMILES string of the molecule is COc1cccc(CNC2CC2)c1OCCC1CC1. The third-order valence-corrected chi connectivity index (χ3v) is 3.91. The van der Waals surface area contributed by atoms with Gasteiger partial charge in [-0.15, -0.1) is 0 Å².